The van der Waals surface area contributed by atoms with Gasteiger partial charge in [0.1, 0.15) is 0 Å². The molecule has 0 aromatic heterocycles. The monoisotopic (exact) mass is 152 g/mol. The summed E-state index contributed by atoms with van der Waals surface area (Å²) in [6, 6.07) is 0. The lowest BCUT2D eigenvalue weighted by molar-refractivity contribution is -0.164. The highest BCUT2D eigenvalue weighted by Crippen LogP contribution is 2.10. The van der Waals surface area contributed by atoms with Crippen molar-refractivity contribution < 1.29 is 13.5 Å². The van der Waals surface area contributed by atoms with E-state index in [1.165, 1.54) is 0 Å². The molecule has 0 heterocycles. The molecule has 10 heavy (non-hydrogen) atoms. The number of halogens is 2. The standard InChI is InChI=1S/C7H14F2O/c1-3-5-6(4-2)10-7(8)9/h6-7H,3-5H2,1-2H3/t6-/m1/s1. The summed E-state index contributed by atoms with van der Waals surface area (Å²) in [5.41, 5.74) is 0. The van der Waals surface area contributed by atoms with Crippen molar-refractivity contribution >= 4 is 0 Å². The van der Waals surface area contributed by atoms with Crippen LogP contribution in [0, 0.1) is 0 Å². The molecule has 3 heteroatoms. The smallest absolute Gasteiger partial charge is 0.320 e. The summed E-state index contributed by atoms with van der Waals surface area (Å²) < 4.78 is 27.5. The summed E-state index contributed by atoms with van der Waals surface area (Å²) in [7, 11) is 0. The zero-order valence-corrected chi connectivity index (χ0v) is 6.44. The largest absolute Gasteiger partial charge is 0.345 e. The van der Waals surface area contributed by atoms with Crippen molar-refractivity contribution in [1.29, 1.82) is 0 Å². The van der Waals surface area contributed by atoms with Gasteiger partial charge in [-0.25, -0.2) is 0 Å². The fourth-order valence-corrected chi connectivity index (χ4v) is 0.836. The first kappa shape index (κ1) is 9.82. The van der Waals surface area contributed by atoms with Crippen LogP contribution >= 0.6 is 0 Å². The van der Waals surface area contributed by atoms with Crippen LogP contribution < -0.4 is 0 Å². The van der Waals surface area contributed by atoms with Gasteiger partial charge in [0, 0.05) is 0 Å². The van der Waals surface area contributed by atoms with Crippen molar-refractivity contribution in [3.05, 3.63) is 0 Å². The molecule has 0 saturated carbocycles. The zero-order valence-electron chi connectivity index (χ0n) is 6.44. The zero-order chi connectivity index (χ0) is 7.98. The van der Waals surface area contributed by atoms with Gasteiger partial charge in [0.2, 0.25) is 0 Å². The maximum Gasteiger partial charge on any atom is 0.345 e. The highest BCUT2D eigenvalue weighted by molar-refractivity contribution is 4.52. The molecule has 0 N–H and O–H groups in total. The van der Waals surface area contributed by atoms with E-state index in [1.54, 1.807) is 0 Å². The highest BCUT2D eigenvalue weighted by atomic mass is 19.3. The molecule has 0 spiro atoms. The minimum Gasteiger partial charge on any atom is -0.320 e. The second-order valence-corrected chi connectivity index (χ2v) is 2.22. The summed E-state index contributed by atoms with van der Waals surface area (Å²) in [5.74, 6) is 0. The highest BCUT2D eigenvalue weighted by Gasteiger charge is 2.10. The molecule has 0 amide bonds. The average molecular weight is 152 g/mol. The average Bonchev–Trinajstić information content (AvgIpc) is 1.86. The number of alkyl halides is 2. The molecule has 0 saturated heterocycles. The molecule has 0 bridgehead atoms. The van der Waals surface area contributed by atoms with Crippen molar-refractivity contribution in [2.75, 3.05) is 0 Å². The predicted molar refractivity (Wildman–Crippen MR) is 36.1 cm³/mol. The van der Waals surface area contributed by atoms with Crippen LogP contribution in [0.2, 0.25) is 0 Å². The first-order valence-corrected chi connectivity index (χ1v) is 3.64. The van der Waals surface area contributed by atoms with Gasteiger partial charge in [0.05, 0.1) is 6.10 Å². The van der Waals surface area contributed by atoms with E-state index in [-0.39, 0.29) is 6.10 Å². The third kappa shape index (κ3) is 4.68. The van der Waals surface area contributed by atoms with Crippen molar-refractivity contribution in [3.8, 4) is 0 Å². The molecule has 0 radical (unpaired) electrons. The molecule has 1 atom stereocenters. The van der Waals surface area contributed by atoms with Gasteiger partial charge < -0.3 is 4.74 Å². The van der Waals surface area contributed by atoms with Gasteiger partial charge in [0.15, 0.2) is 0 Å². The quantitative estimate of drug-likeness (QED) is 0.588. The third-order valence-corrected chi connectivity index (χ3v) is 1.36. The normalized spacial score (nSPS) is 14.1. The molecule has 62 valence electrons. The van der Waals surface area contributed by atoms with Gasteiger partial charge in [-0.1, -0.05) is 20.3 Å². The molecule has 0 aliphatic carbocycles. The first-order valence-electron chi connectivity index (χ1n) is 3.64. The van der Waals surface area contributed by atoms with Crippen LogP contribution in [0.15, 0.2) is 0 Å². The Labute approximate surface area is 60.4 Å². The van der Waals surface area contributed by atoms with Crippen LogP contribution in [-0.2, 0) is 4.74 Å². The van der Waals surface area contributed by atoms with E-state index < -0.39 is 6.61 Å². The maximum atomic E-state index is 11.6. The van der Waals surface area contributed by atoms with Gasteiger partial charge in [0.25, 0.3) is 0 Å². The number of rotatable bonds is 5. The van der Waals surface area contributed by atoms with Crippen LogP contribution in [0.1, 0.15) is 33.1 Å². The van der Waals surface area contributed by atoms with Crippen LogP contribution in [0.5, 0.6) is 0 Å². The predicted octanol–water partition coefficient (Wildman–Crippen LogP) is 2.80. The van der Waals surface area contributed by atoms with E-state index in [0.717, 1.165) is 12.8 Å². The van der Waals surface area contributed by atoms with E-state index in [2.05, 4.69) is 4.74 Å². The second kappa shape index (κ2) is 5.59. The summed E-state index contributed by atoms with van der Waals surface area (Å²) in [5, 5.41) is 0. The maximum absolute atomic E-state index is 11.6. The fraction of sp³-hybridized carbons (Fsp3) is 1.00. The van der Waals surface area contributed by atoms with Gasteiger partial charge in [-0.05, 0) is 12.8 Å². The molecular weight excluding hydrogens is 138 g/mol. The summed E-state index contributed by atoms with van der Waals surface area (Å²) in [6.07, 6.45) is 2.02. The van der Waals surface area contributed by atoms with Crippen molar-refractivity contribution in [1.82, 2.24) is 0 Å². The van der Waals surface area contributed by atoms with E-state index in [1.807, 2.05) is 13.8 Å². The van der Waals surface area contributed by atoms with Gasteiger partial charge in [-0.3, -0.25) is 0 Å². The van der Waals surface area contributed by atoms with Gasteiger partial charge >= 0.3 is 6.61 Å². The summed E-state index contributed by atoms with van der Waals surface area (Å²) in [6.45, 7) is 1.19. The van der Waals surface area contributed by atoms with Crippen molar-refractivity contribution in [2.45, 2.75) is 45.8 Å². The number of hydrogen-bond donors (Lipinski definition) is 0. The van der Waals surface area contributed by atoms with Crippen LogP contribution in [-0.4, -0.2) is 12.7 Å². The number of hydrogen-bond acceptors (Lipinski definition) is 1. The molecule has 0 unspecified atom stereocenters. The topological polar surface area (TPSA) is 9.23 Å². The SMILES string of the molecule is CCC[C@@H](CC)OC(F)F. The molecular formula is C7H14F2O. The molecule has 1 nitrogen and oxygen atoms in total. The van der Waals surface area contributed by atoms with Gasteiger partial charge in [-0.2, -0.15) is 8.78 Å². The molecule has 0 aromatic carbocycles. The Hall–Kier alpha value is -0.180. The molecule has 0 rings (SSSR count). The minimum absolute atomic E-state index is 0.259. The summed E-state index contributed by atoms with van der Waals surface area (Å²) >= 11 is 0. The van der Waals surface area contributed by atoms with Gasteiger partial charge in [-0.15, -0.1) is 0 Å². The lowest BCUT2D eigenvalue weighted by Crippen LogP contribution is -2.14. The summed E-state index contributed by atoms with van der Waals surface area (Å²) in [4.78, 5) is 0. The Morgan fingerprint density at radius 3 is 2.20 bits per heavy atom. The van der Waals surface area contributed by atoms with Crippen LogP contribution in [0.3, 0.4) is 0 Å². The van der Waals surface area contributed by atoms with E-state index in [4.69, 9.17) is 0 Å². The Balaban J connectivity index is 3.39. The van der Waals surface area contributed by atoms with E-state index >= 15 is 0 Å². The Bertz CT molecular complexity index is 76.0. The van der Waals surface area contributed by atoms with E-state index in [0.29, 0.717) is 6.42 Å². The number of ether oxygens (including phenoxy) is 1. The Morgan fingerprint density at radius 1 is 1.30 bits per heavy atom. The lowest BCUT2D eigenvalue weighted by Gasteiger charge is -2.13. The second-order valence-electron chi connectivity index (χ2n) is 2.22. The van der Waals surface area contributed by atoms with E-state index in [9.17, 15) is 8.78 Å². The van der Waals surface area contributed by atoms with Crippen LogP contribution in [0.4, 0.5) is 8.78 Å². The Kier molecular flexibility index (Phi) is 5.49. The fourth-order valence-electron chi connectivity index (χ4n) is 0.836. The molecule has 0 aliphatic heterocycles. The van der Waals surface area contributed by atoms with Crippen LogP contribution in [0.25, 0.3) is 0 Å². The Morgan fingerprint density at radius 2 is 1.90 bits per heavy atom. The van der Waals surface area contributed by atoms with Crippen molar-refractivity contribution in [2.24, 2.45) is 0 Å². The van der Waals surface area contributed by atoms with Crippen molar-refractivity contribution in [3.63, 3.8) is 0 Å². The molecule has 0 aliphatic rings. The molecule has 0 aromatic rings. The molecule has 0 fully saturated rings. The first-order chi connectivity index (χ1) is 4.70. The lowest BCUT2D eigenvalue weighted by atomic mass is 10.2. The third-order valence-electron chi connectivity index (χ3n) is 1.36. The minimum atomic E-state index is -2.61.